The number of rotatable bonds is 8. The van der Waals surface area contributed by atoms with Crippen molar-refractivity contribution in [2.75, 3.05) is 19.6 Å². The summed E-state index contributed by atoms with van der Waals surface area (Å²) in [4.78, 5) is 28.3. The number of hydrogen-bond donors (Lipinski definition) is 2. The highest BCUT2D eigenvalue weighted by Crippen LogP contribution is 2.32. The van der Waals surface area contributed by atoms with Gasteiger partial charge in [-0.3, -0.25) is 14.7 Å². The Kier molecular flexibility index (Phi) is 7.98. The minimum absolute atomic E-state index is 0.192. The number of hydrogen-bond acceptors (Lipinski definition) is 4. The van der Waals surface area contributed by atoms with Crippen LogP contribution in [0.15, 0.2) is 52.7 Å². The van der Waals surface area contributed by atoms with Gasteiger partial charge in [-0.15, -0.1) is 0 Å². The molecule has 2 N–H and O–H groups in total. The Morgan fingerprint density at radius 1 is 1.14 bits per heavy atom. The van der Waals surface area contributed by atoms with E-state index in [1.54, 1.807) is 12.1 Å². The van der Waals surface area contributed by atoms with Crippen molar-refractivity contribution in [2.24, 2.45) is 4.99 Å². The van der Waals surface area contributed by atoms with E-state index in [1.165, 1.54) is 42.9 Å². The van der Waals surface area contributed by atoms with Crippen LogP contribution >= 0.6 is 23.2 Å². The lowest BCUT2D eigenvalue weighted by atomic mass is 10.0. The highest BCUT2D eigenvalue weighted by Gasteiger charge is 2.19. The van der Waals surface area contributed by atoms with E-state index in [4.69, 9.17) is 28.2 Å². The maximum absolute atomic E-state index is 13.0. The van der Waals surface area contributed by atoms with Gasteiger partial charge in [0, 0.05) is 33.6 Å². The Labute approximate surface area is 228 Å². The number of benzene rings is 2. The highest BCUT2D eigenvalue weighted by atomic mass is 35.5. The molecule has 1 amide bonds. The lowest BCUT2D eigenvalue weighted by Crippen LogP contribution is -2.27. The van der Waals surface area contributed by atoms with Crippen LogP contribution in [0.4, 0.5) is 0 Å². The third kappa shape index (κ3) is 6.25. The molecule has 3 aromatic rings. The summed E-state index contributed by atoms with van der Waals surface area (Å²) in [7, 11) is 0. The quantitative estimate of drug-likeness (QED) is 0.307. The molecule has 1 fully saturated rings. The molecule has 2 aliphatic rings. The third-order valence-corrected chi connectivity index (χ3v) is 7.80. The number of aliphatic imine (C=N–C) groups is 1. The molecule has 2 aromatic carbocycles. The van der Waals surface area contributed by atoms with Crippen LogP contribution in [0.5, 0.6) is 0 Å². The monoisotopic (exact) mass is 537 g/mol. The van der Waals surface area contributed by atoms with Crippen molar-refractivity contribution in [1.82, 2.24) is 20.2 Å². The molecule has 194 valence electrons. The fourth-order valence-corrected chi connectivity index (χ4v) is 5.68. The fourth-order valence-electron chi connectivity index (χ4n) is 5.26. The molecule has 5 rings (SSSR count). The highest BCUT2D eigenvalue weighted by molar-refractivity contribution is 6.32. The summed E-state index contributed by atoms with van der Waals surface area (Å²) in [5, 5.41) is 4.25. The SMILES string of the molecule is CC(CN1CCCC1)=NC1=C(Cc2ccc(C(=O)N[C@@H](C)c3nc4ccc(Cl)cc4[nH]3)cc2Cl)CCC1. The van der Waals surface area contributed by atoms with E-state index in [2.05, 4.69) is 27.1 Å². The molecule has 1 saturated heterocycles. The maximum atomic E-state index is 13.0. The number of nitrogens with zero attached hydrogens (tertiary/aromatic N) is 3. The molecule has 6 nitrogen and oxygen atoms in total. The predicted octanol–water partition coefficient (Wildman–Crippen LogP) is 6.90. The summed E-state index contributed by atoms with van der Waals surface area (Å²) in [5.74, 6) is 0.483. The van der Waals surface area contributed by atoms with Crippen LogP contribution < -0.4 is 5.32 Å². The zero-order chi connectivity index (χ0) is 25.9. The van der Waals surface area contributed by atoms with Crippen molar-refractivity contribution in [3.63, 3.8) is 0 Å². The number of aromatic nitrogens is 2. The van der Waals surface area contributed by atoms with Gasteiger partial charge in [-0.25, -0.2) is 4.98 Å². The second-order valence-corrected chi connectivity index (χ2v) is 11.0. The molecular formula is C29H33Cl2N5O. The standard InChI is InChI=1S/C29H33Cl2N5O/c1-18(17-36-12-3-4-13-36)32-25-7-5-6-21(25)14-20-8-9-22(15-24(20)31)29(37)33-19(2)28-34-26-11-10-23(30)16-27(26)35-28/h8-11,15-16,19H,3-7,12-14,17H2,1-2H3,(H,33,37)(H,34,35)/t19-/m0/s1. The van der Waals surface area contributed by atoms with E-state index < -0.39 is 0 Å². The fraction of sp³-hybridized carbons (Fsp3) is 0.414. The molecular weight excluding hydrogens is 505 g/mol. The van der Waals surface area contributed by atoms with Gasteiger partial charge in [0.2, 0.25) is 0 Å². The molecule has 0 radical (unpaired) electrons. The second-order valence-electron chi connectivity index (χ2n) is 10.2. The van der Waals surface area contributed by atoms with Crippen molar-refractivity contribution >= 4 is 45.9 Å². The number of imidazole rings is 1. The van der Waals surface area contributed by atoms with Gasteiger partial charge >= 0.3 is 0 Å². The average molecular weight is 539 g/mol. The van der Waals surface area contributed by atoms with Gasteiger partial charge in [-0.05, 0) is 107 Å². The van der Waals surface area contributed by atoms with Gasteiger partial charge in [0.15, 0.2) is 0 Å². The predicted molar refractivity (Wildman–Crippen MR) is 152 cm³/mol. The molecule has 2 heterocycles. The van der Waals surface area contributed by atoms with E-state index in [1.807, 2.05) is 31.2 Å². The van der Waals surface area contributed by atoms with Crippen molar-refractivity contribution < 1.29 is 4.79 Å². The molecule has 0 spiro atoms. The molecule has 0 bridgehead atoms. The number of carbonyl (C=O) groups is 1. The molecule has 1 aliphatic carbocycles. The smallest absolute Gasteiger partial charge is 0.251 e. The Hall–Kier alpha value is -2.67. The lowest BCUT2D eigenvalue weighted by molar-refractivity contribution is 0.0938. The van der Waals surface area contributed by atoms with Gasteiger partial charge in [-0.1, -0.05) is 29.3 Å². The largest absolute Gasteiger partial charge is 0.342 e. The molecule has 0 unspecified atom stereocenters. The van der Waals surface area contributed by atoms with Crippen LogP contribution in [0.2, 0.25) is 10.0 Å². The molecule has 37 heavy (non-hydrogen) atoms. The van der Waals surface area contributed by atoms with Crippen LogP contribution in [0.3, 0.4) is 0 Å². The molecule has 1 aromatic heterocycles. The first-order valence-electron chi connectivity index (χ1n) is 13.1. The summed E-state index contributed by atoms with van der Waals surface area (Å²) in [6.07, 6.45) is 6.57. The number of H-pyrrole nitrogens is 1. The van der Waals surface area contributed by atoms with Crippen LogP contribution in [0.1, 0.15) is 73.7 Å². The molecule has 0 saturated carbocycles. The van der Waals surface area contributed by atoms with Crippen LogP contribution in [0, 0.1) is 0 Å². The summed E-state index contributed by atoms with van der Waals surface area (Å²) in [5.41, 5.74) is 6.98. The first kappa shape index (κ1) is 26.0. The summed E-state index contributed by atoms with van der Waals surface area (Å²) in [6, 6.07) is 10.8. The number of fused-ring (bicyclic) bond motifs is 1. The number of amides is 1. The minimum atomic E-state index is -0.301. The minimum Gasteiger partial charge on any atom is -0.342 e. The van der Waals surface area contributed by atoms with Crippen LogP contribution in [0.25, 0.3) is 11.0 Å². The summed E-state index contributed by atoms with van der Waals surface area (Å²) < 4.78 is 0. The van der Waals surface area contributed by atoms with E-state index in [-0.39, 0.29) is 11.9 Å². The normalized spacial score (nSPS) is 17.7. The average Bonchev–Trinajstić information content (AvgIpc) is 3.62. The van der Waals surface area contributed by atoms with Gasteiger partial charge in [0.05, 0.1) is 17.1 Å². The van der Waals surface area contributed by atoms with E-state index in [9.17, 15) is 4.79 Å². The zero-order valence-corrected chi connectivity index (χ0v) is 22.9. The van der Waals surface area contributed by atoms with Crippen LogP contribution in [-0.2, 0) is 6.42 Å². The first-order valence-corrected chi connectivity index (χ1v) is 13.8. The number of aromatic amines is 1. The Balaban J connectivity index is 1.25. The number of nitrogens with one attached hydrogen (secondary N) is 2. The Morgan fingerprint density at radius 3 is 2.73 bits per heavy atom. The molecule has 1 atom stereocenters. The zero-order valence-electron chi connectivity index (χ0n) is 21.4. The number of carbonyl (C=O) groups excluding carboxylic acids is 1. The molecule has 1 aliphatic heterocycles. The summed E-state index contributed by atoms with van der Waals surface area (Å²) in [6.45, 7) is 7.36. The van der Waals surface area contributed by atoms with Gasteiger partial charge in [0.1, 0.15) is 5.82 Å². The van der Waals surface area contributed by atoms with E-state index in [0.717, 1.165) is 48.8 Å². The lowest BCUT2D eigenvalue weighted by Gasteiger charge is -2.15. The van der Waals surface area contributed by atoms with Crippen molar-refractivity contribution in [3.8, 4) is 0 Å². The van der Waals surface area contributed by atoms with Gasteiger partial charge in [0.25, 0.3) is 5.91 Å². The van der Waals surface area contributed by atoms with Crippen molar-refractivity contribution in [1.29, 1.82) is 0 Å². The third-order valence-electron chi connectivity index (χ3n) is 7.22. The van der Waals surface area contributed by atoms with Crippen molar-refractivity contribution in [3.05, 3.63) is 74.7 Å². The molecule has 8 heteroatoms. The van der Waals surface area contributed by atoms with E-state index >= 15 is 0 Å². The Morgan fingerprint density at radius 2 is 1.95 bits per heavy atom. The number of allylic oxidation sites excluding steroid dienone is 2. The topological polar surface area (TPSA) is 73.4 Å². The summed E-state index contributed by atoms with van der Waals surface area (Å²) >= 11 is 12.7. The second kappa shape index (κ2) is 11.4. The number of halogens is 2. The van der Waals surface area contributed by atoms with Crippen LogP contribution in [-0.4, -0.2) is 46.1 Å². The van der Waals surface area contributed by atoms with E-state index in [0.29, 0.717) is 21.4 Å². The number of likely N-dealkylation sites (tertiary alicyclic amines) is 1. The van der Waals surface area contributed by atoms with Gasteiger partial charge < -0.3 is 10.3 Å². The van der Waals surface area contributed by atoms with Gasteiger partial charge in [-0.2, -0.15) is 0 Å². The maximum Gasteiger partial charge on any atom is 0.251 e. The van der Waals surface area contributed by atoms with Crippen molar-refractivity contribution in [2.45, 2.75) is 58.4 Å². The Bertz CT molecular complexity index is 1370. The first-order chi connectivity index (χ1) is 17.9.